The maximum absolute atomic E-state index is 11.2. The normalized spacial score (nSPS) is 8.18. The molecule has 1 aromatic rings. The van der Waals surface area contributed by atoms with Crippen molar-refractivity contribution < 1.29 is 61.1 Å². The molecule has 0 spiro atoms. The SMILES string of the molecule is CC.C[N-]NC(=O)c1ccc([N+](=O)[O-])cc1.[K+]. The second-order valence-corrected chi connectivity index (χ2v) is 2.47. The molecule has 7 heteroatoms. The van der Waals surface area contributed by atoms with Gasteiger partial charge in [-0.15, -0.1) is 7.05 Å². The molecule has 0 aromatic heterocycles. The van der Waals surface area contributed by atoms with Crippen molar-refractivity contribution in [1.29, 1.82) is 0 Å². The van der Waals surface area contributed by atoms with Crippen LogP contribution in [0.15, 0.2) is 24.3 Å². The Bertz CT molecular complexity index is 354. The van der Waals surface area contributed by atoms with Gasteiger partial charge in [-0.25, -0.2) is 0 Å². The molecular formula is C10H14KN3O3. The van der Waals surface area contributed by atoms with E-state index in [0.29, 0.717) is 5.56 Å². The van der Waals surface area contributed by atoms with Gasteiger partial charge in [-0.2, -0.15) is 0 Å². The number of hydrogen-bond acceptors (Lipinski definition) is 3. The van der Waals surface area contributed by atoms with Crippen molar-refractivity contribution in [3.63, 3.8) is 0 Å². The van der Waals surface area contributed by atoms with E-state index in [4.69, 9.17) is 0 Å². The summed E-state index contributed by atoms with van der Waals surface area (Å²) in [7, 11) is 1.43. The minimum Gasteiger partial charge on any atom is -0.571 e. The second kappa shape index (κ2) is 10.8. The third-order valence-corrected chi connectivity index (χ3v) is 1.55. The van der Waals surface area contributed by atoms with Gasteiger partial charge in [0.2, 0.25) is 5.91 Å². The number of nitrogens with one attached hydrogen (secondary N) is 1. The molecule has 6 nitrogen and oxygen atoms in total. The van der Waals surface area contributed by atoms with Crippen molar-refractivity contribution in [2.24, 2.45) is 0 Å². The van der Waals surface area contributed by atoms with Gasteiger partial charge in [-0.1, -0.05) is 13.8 Å². The molecule has 0 aliphatic rings. The summed E-state index contributed by atoms with van der Waals surface area (Å²) in [6.07, 6.45) is 0. The Hall–Kier alpha value is -0.314. The van der Waals surface area contributed by atoms with Gasteiger partial charge in [0, 0.05) is 17.7 Å². The fraction of sp³-hybridized carbons (Fsp3) is 0.300. The van der Waals surface area contributed by atoms with Crippen LogP contribution in [0.3, 0.4) is 0 Å². The zero-order valence-electron chi connectivity index (χ0n) is 10.4. The summed E-state index contributed by atoms with van der Waals surface area (Å²) in [5.74, 6) is -0.387. The van der Waals surface area contributed by atoms with Crippen LogP contribution in [0.5, 0.6) is 0 Å². The Morgan fingerprint density at radius 1 is 1.29 bits per heavy atom. The van der Waals surface area contributed by atoms with Gasteiger partial charge in [0.15, 0.2) is 0 Å². The quantitative estimate of drug-likeness (QED) is 0.443. The molecule has 1 amide bonds. The van der Waals surface area contributed by atoms with E-state index in [1.807, 2.05) is 13.8 Å². The molecule has 1 N–H and O–H groups in total. The van der Waals surface area contributed by atoms with Crippen molar-refractivity contribution in [1.82, 2.24) is 5.43 Å². The van der Waals surface area contributed by atoms with E-state index in [2.05, 4.69) is 10.9 Å². The Morgan fingerprint density at radius 2 is 1.76 bits per heavy atom. The molecule has 88 valence electrons. The Labute approximate surface area is 143 Å². The fourth-order valence-corrected chi connectivity index (χ4v) is 0.901. The first-order valence-electron chi connectivity index (χ1n) is 4.79. The number of rotatable bonds is 3. The van der Waals surface area contributed by atoms with Gasteiger partial charge >= 0.3 is 51.4 Å². The van der Waals surface area contributed by atoms with E-state index in [-0.39, 0.29) is 63.0 Å². The van der Waals surface area contributed by atoms with Crippen LogP contribution in [0.25, 0.3) is 5.43 Å². The molecule has 1 rings (SSSR count). The van der Waals surface area contributed by atoms with Crippen LogP contribution >= 0.6 is 0 Å². The van der Waals surface area contributed by atoms with Gasteiger partial charge in [-0.05, 0) is 12.1 Å². The van der Waals surface area contributed by atoms with Crippen molar-refractivity contribution in [3.8, 4) is 0 Å². The first-order chi connectivity index (χ1) is 7.65. The minimum absolute atomic E-state index is 0. The number of nitrogens with zero attached hydrogens (tertiary/aromatic N) is 2. The Kier molecular flexibility index (Phi) is 12.1. The number of amides is 1. The van der Waals surface area contributed by atoms with Crippen molar-refractivity contribution in [2.75, 3.05) is 7.05 Å². The van der Waals surface area contributed by atoms with Gasteiger partial charge in [0.1, 0.15) is 0 Å². The number of non-ortho nitro benzene ring substituents is 1. The molecule has 0 saturated heterocycles. The molecule has 17 heavy (non-hydrogen) atoms. The average molecular weight is 263 g/mol. The van der Waals surface area contributed by atoms with Crippen LogP contribution in [0.1, 0.15) is 24.2 Å². The molecule has 0 unspecified atom stereocenters. The number of carbonyl (C=O) groups is 1. The maximum Gasteiger partial charge on any atom is 1.00 e. The molecule has 0 saturated carbocycles. The molecular weight excluding hydrogens is 249 g/mol. The molecule has 1 aromatic carbocycles. The third-order valence-electron chi connectivity index (χ3n) is 1.55. The summed E-state index contributed by atoms with van der Waals surface area (Å²) in [5, 5.41) is 10.3. The summed E-state index contributed by atoms with van der Waals surface area (Å²) in [6, 6.07) is 5.28. The molecule has 0 aliphatic carbocycles. The molecule has 0 heterocycles. The van der Waals surface area contributed by atoms with Crippen LogP contribution in [0.4, 0.5) is 5.69 Å². The molecule has 0 radical (unpaired) electrons. The standard InChI is InChI=1S/C8H8N3O3.C2H6.K/c1-9-10-8(12)6-2-4-7(5-3-6)11(13)14;1-2;/h2-5H,1H3,(H,10,12);1-2H3;/q-1;;+1. The largest absolute Gasteiger partial charge is 1.00 e. The summed E-state index contributed by atoms with van der Waals surface area (Å²) < 4.78 is 0. The summed E-state index contributed by atoms with van der Waals surface area (Å²) >= 11 is 0. The van der Waals surface area contributed by atoms with E-state index in [1.165, 1.54) is 31.3 Å². The summed E-state index contributed by atoms with van der Waals surface area (Å²) in [5.41, 5.74) is 5.95. The van der Waals surface area contributed by atoms with Gasteiger partial charge < -0.3 is 10.9 Å². The molecule has 0 aliphatic heterocycles. The first kappa shape index (κ1) is 19.0. The summed E-state index contributed by atoms with van der Waals surface area (Å²) in [6.45, 7) is 4.00. The van der Waals surface area contributed by atoms with Crippen molar-refractivity contribution in [3.05, 3.63) is 45.4 Å². The number of carbonyl (C=O) groups excluding carboxylic acids is 1. The van der Waals surface area contributed by atoms with E-state index >= 15 is 0 Å². The maximum atomic E-state index is 11.2. The van der Waals surface area contributed by atoms with Gasteiger partial charge in [0.25, 0.3) is 5.69 Å². The Morgan fingerprint density at radius 3 is 2.12 bits per heavy atom. The van der Waals surface area contributed by atoms with Crippen molar-refractivity contribution >= 4 is 11.6 Å². The van der Waals surface area contributed by atoms with Crippen LogP contribution in [0, 0.1) is 10.1 Å². The van der Waals surface area contributed by atoms with E-state index in [9.17, 15) is 14.9 Å². The van der Waals surface area contributed by atoms with Gasteiger partial charge in [-0.3, -0.25) is 14.9 Å². The number of benzene rings is 1. The zero-order chi connectivity index (χ0) is 12.6. The third kappa shape index (κ3) is 6.87. The number of nitro benzene ring substituents is 1. The van der Waals surface area contributed by atoms with Crippen LogP contribution in [-0.4, -0.2) is 17.9 Å². The first-order valence-corrected chi connectivity index (χ1v) is 4.79. The van der Waals surface area contributed by atoms with Gasteiger partial charge in [0.05, 0.1) is 4.92 Å². The minimum atomic E-state index is -0.522. The summed E-state index contributed by atoms with van der Waals surface area (Å²) in [4.78, 5) is 20.9. The Balaban J connectivity index is 0. The number of nitro groups is 1. The number of hydrogen-bond donors (Lipinski definition) is 1. The molecule has 0 atom stereocenters. The van der Waals surface area contributed by atoms with Crippen LogP contribution in [0.2, 0.25) is 0 Å². The molecule has 0 fully saturated rings. The van der Waals surface area contributed by atoms with E-state index in [0.717, 1.165) is 0 Å². The topological polar surface area (TPSA) is 86.3 Å². The predicted octanol–water partition coefficient (Wildman–Crippen LogP) is -0.727. The fourth-order valence-electron chi connectivity index (χ4n) is 0.901. The van der Waals surface area contributed by atoms with Crippen molar-refractivity contribution in [2.45, 2.75) is 13.8 Å². The van der Waals surface area contributed by atoms with E-state index < -0.39 is 4.92 Å². The van der Waals surface area contributed by atoms with Crippen LogP contribution < -0.4 is 56.8 Å². The second-order valence-electron chi connectivity index (χ2n) is 2.47. The predicted molar refractivity (Wildman–Crippen MR) is 61.2 cm³/mol. The average Bonchev–Trinajstić information content (AvgIpc) is 2.32. The van der Waals surface area contributed by atoms with Crippen LogP contribution in [-0.2, 0) is 0 Å². The van der Waals surface area contributed by atoms with E-state index in [1.54, 1.807) is 0 Å². The molecule has 0 bridgehead atoms. The smallest absolute Gasteiger partial charge is 0.571 e. The zero-order valence-corrected chi connectivity index (χ0v) is 13.6. The monoisotopic (exact) mass is 263 g/mol.